The van der Waals surface area contributed by atoms with E-state index in [4.69, 9.17) is 4.74 Å². The minimum atomic E-state index is -0.908. The molecule has 1 saturated carbocycles. The zero-order chi connectivity index (χ0) is 13.8. The number of aromatic carboxylic acids is 1. The van der Waals surface area contributed by atoms with Crippen LogP contribution in [0, 0.1) is 0 Å². The van der Waals surface area contributed by atoms with Crippen LogP contribution in [0.25, 0.3) is 0 Å². The predicted octanol–water partition coefficient (Wildman–Crippen LogP) is 3.50. The monoisotopic (exact) mass is 260 g/mol. The van der Waals surface area contributed by atoms with Crippen molar-refractivity contribution in [3.63, 3.8) is 0 Å². The molecule has 0 aliphatic heterocycles. The van der Waals surface area contributed by atoms with Crippen LogP contribution < -0.4 is 4.74 Å². The third kappa shape index (κ3) is 1.60. The summed E-state index contributed by atoms with van der Waals surface area (Å²) in [6.07, 6.45) is 4.68. The first kappa shape index (κ1) is 12.5. The van der Waals surface area contributed by atoms with Gasteiger partial charge in [0.25, 0.3) is 0 Å². The molecule has 1 aromatic carbocycles. The molecule has 3 aliphatic rings. The first-order chi connectivity index (χ1) is 8.89. The van der Waals surface area contributed by atoms with Gasteiger partial charge in [0.2, 0.25) is 0 Å². The summed E-state index contributed by atoms with van der Waals surface area (Å²) < 4.78 is 5.28. The largest absolute Gasteiger partial charge is 0.496 e. The molecule has 3 aliphatic carbocycles. The molecule has 0 atom stereocenters. The van der Waals surface area contributed by atoms with Gasteiger partial charge in [-0.1, -0.05) is 13.8 Å². The lowest BCUT2D eigenvalue weighted by Crippen LogP contribution is -2.44. The van der Waals surface area contributed by atoms with Gasteiger partial charge in [0.15, 0.2) is 0 Å². The van der Waals surface area contributed by atoms with E-state index in [-0.39, 0.29) is 10.8 Å². The van der Waals surface area contributed by atoms with E-state index < -0.39 is 5.97 Å². The molecule has 19 heavy (non-hydrogen) atoms. The fourth-order valence-electron chi connectivity index (χ4n) is 3.81. The van der Waals surface area contributed by atoms with E-state index in [0.717, 1.165) is 12.8 Å². The van der Waals surface area contributed by atoms with E-state index in [9.17, 15) is 9.90 Å². The van der Waals surface area contributed by atoms with Gasteiger partial charge in [-0.05, 0) is 59.8 Å². The highest BCUT2D eigenvalue weighted by atomic mass is 16.5. The number of fused-ring (bicyclic) bond motifs is 2. The van der Waals surface area contributed by atoms with Crippen LogP contribution >= 0.6 is 0 Å². The Labute approximate surface area is 113 Å². The van der Waals surface area contributed by atoms with Crippen LogP contribution in [0.15, 0.2) is 12.1 Å². The van der Waals surface area contributed by atoms with Crippen molar-refractivity contribution >= 4 is 5.97 Å². The minimum absolute atomic E-state index is 0.142. The van der Waals surface area contributed by atoms with Gasteiger partial charge in [0, 0.05) is 0 Å². The van der Waals surface area contributed by atoms with Crippen molar-refractivity contribution < 1.29 is 14.6 Å². The molecule has 1 fully saturated rings. The fraction of sp³-hybridized carbons (Fsp3) is 0.562. The first-order valence-electron chi connectivity index (χ1n) is 6.86. The van der Waals surface area contributed by atoms with Crippen LogP contribution in [0.2, 0.25) is 0 Å². The highest BCUT2D eigenvalue weighted by Gasteiger charge is 2.48. The van der Waals surface area contributed by atoms with Crippen LogP contribution in [0.5, 0.6) is 5.75 Å². The Morgan fingerprint density at radius 2 is 1.58 bits per heavy atom. The molecule has 0 saturated heterocycles. The van der Waals surface area contributed by atoms with Gasteiger partial charge in [0.05, 0.1) is 7.11 Å². The van der Waals surface area contributed by atoms with Crippen molar-refractivity contribution in [2.45, 2.75) is 50.4 Å². The molecule has 3 nitrogen and oxygen atoms in total. The van der Waals surface area contributed by atoms with Crippen molar-refractivity contribution in [1.29, 1.82) is 0 Å². The summed E-state index contributed by atoms with van der Waals surface area (Å²) in [5, 5.41) is 9.34. The van der Waals surface area contributed by atoms with Crippen molar-refractivity contribution in [2.24, 2.45) is 0 Å². The Kier molecular flexibility index (Phi) is 2.47. The van der Waals surface area contributed by atoms with Gasteiger partial charge in [-0.25, -0.2) is 4.79 Å². The number of hydrogen-bond acceptors (Lipinski definition) is 2. The standard InChI is InChI=1S/C16H20O3/c1-15-4-6-16(2,7-5-15)12-9-13(19-3)10(14(17)18)8-11(12)15/h8-9H,4-7H2,1-3H3,(H,17,18). The second-order valence-corrected chi connectivity index (χ2v) is 6.52. The van der Waals surface area contributed by atoms with E-state index in [2.05, 4.69) is 13.8 Å². The number of hydrogen-bond donors (Lipinski definition) is 1. The molecular weight excluding hydrogens is 240 g/mol. The third-order valence-corrected chi connectivity index (χ3v) is 5.33. The number of ether oxygens (including phenoxy) is 1. The number of rotatable bonds is 2. The summed E-state index contributed by atoms with van der Waals surface area (Å²) in [6.45, 7) is 4.56. The van der Waals surface area contributed by atoms with Gasteiger partial charge >= 0.3 is 5.97 Å². The molecule has 3 heteroatoms. The van der Waals surface area contributed by atoms with E-state index in [1.165, 1.54) is 24.0 Å². The molecule has 102 valence electrons. The van der Waals surface area contributed by atoms with Crippen molar-refractivity contribution in [1.82, 2.24) is 0 Å². The molecule has 0 heterocycles. The molecule has 1 aromatic rings. The van der Waals surface area contributed by atoms with Crippen molar-refractivity contribution in [3.8, 4) is 5.75 Å². The highest BCUT2D eigenvalue weighted by Crippen LogP contribution is 2.57. The van der Waals surface area contributed by atoms with Crippen molar-refractivity contribution in [3.05, 3.63) is 28.8 Å². The van der Waals surface area contributed by atoms with Gasteiger partial charge in [-0.15, -0.1) is 0 Å². The Morgan fingerprint density at radius 3 is 2.00 bits per heavy atom. The minimum Gasteiger partial charge on any atom is -0.496 e. The zero-order valence-corrected chi connectivity index (χ0v) is 11.7. The second kappa shape index (κ2) is 3.75. The van der Waals surface area contributed by atoms with Gasteiger partial charge in [-0.2, -0.15) is 0 Å². The normalized spacial score (nSPS) is 31.9. The van der Waals surface area contributed by atoms with Gasteiger partial charge in [-0.3, -0.25) is 0 Å². The lowest BCUT2D eigenvalue weighted by molar-refractivity contribution is 0.0692. The van der Waals surface area contributed by atoms with Crippen LogP contribution in [0.4, 0.5) is 0 Å². The Balaban J connectivity index is 2.28. The first-order valence-corrected chi connectivity index (χ1v) is 6.86. The fourth-order valence-corrected chi connectivity index (χ4v) is 3.81. The maximum Gasteiger partial charge on any atom is 0.339 e. The summed E-state index contributed by atoms with van der Waals surface area (Å²) >= 11 is 0. The Bertz CT molecular complexity index is 551. The van der Waals surface area contributed by atoms with Crippen molar-refractivity contribution in [2.75, 3.05) is 7.11 Å². The molecule has 4 rings (SSSR count). The maximum absolute atomic E-state index is 11.4. The molecule has 0 radical (unpaired) electrons. The molecule has 2 bridgehead atoms. The van der Waals surface area contributed by atoms with E-state index in [1.807, 2.05) is 12.1 Å². The molecule has 1 N–H and O–H groups in total. The summed E-state index contributed by atoms with van der Waals surface area (Å²) in [7, 11) is 1.54. The number of methoxy groups -OCH3 is 1. The topological polar surface area (TPSA) is 46.5 Å². The van der Waals surface area contributed by atoms with Crippen LogP contribution in [-0.2, 0) is 10.8 Å². The SMILES string of the molecule is COc1cc2c(cc1C(=O)O)C1(C)CCC2(C)CC1. The molecule has 0 aromatic heterocycles. The molecular formula is C16H20O3. The van der Waals surface area contributed by atoms with Crippen LogP contribution in [0.1, 0.15) is 61.0 Å². The summed E-state index contributed by atoms with van der Waals surface area (Å²) in [5.74, 6) is -0.418. The smallest absolute Gasteiger partial charge is 0.339 e. The zero-order valence-electron chi connectivity index (χ0n) is 11.7. The molecule has 0 amide bonds. The molecule has 0 unspecified atom stereocenters. The van der Waals surface area contributed by atoms with Gasteiger partial charge in [0.1, 0.15) is 11.3 Å². The summed E-state index contributed by atoms with van der Waals surface area (Å²) in [4.78, 5) is 11.4. The number of benzene rings is 1. The van der Waals surface area contributed by atoms with E-state index >= 15 is 0 Å². The lowest BCUT2D eigenvalue weighted by Gasteiger charge is -2.52. The highest BCUT2D eigenvalue weighted by molar-refractivity contribution is 5.91. The lowest BCUT2D eigenvalue weighted by atomic mass is 9.52. The number of carboxylic acids is 1. The third-order valence-electron chi connectivity index (χ3n) is 5.33. The predicted molar refractivity (Wildman–Crippen MR) is 73.1 cm³/mol. The summed E-state index contributed by atoms with van der Waals surface area (Å²) in [6, 6.07) is 3.82. The van der Waals surface area contributed by atoms with E-state index in [0.29, 0.717) is 11.3 Å². The van der Waals surface area contributed by atoms with Gasteiger partial charge < -0.3 is 9.84 Å². The number of carbonyl (C=O) groups is 1. The van der Waals surface area contributed by atoms with Crippen LogP contribution in [-0.4, -0.2) is 18.2 Å². The van der Waals surface area contributed by atoms with Crippen LogP contribution in [0.3, 0.4) is 0 Å². The quantitative estimate of drug-likeness (QED) is 0.885. The number of carboxylic acid groups (broad SMARTS) is 1. The Hall–Kier alpha value is -1.51. The second-order valence-electron chi connectivity index (χ2n) is 6.52. The summed E-state index contributed by atoms with van der Waals surface area (Å²) in [5.41, 5.74) is 3.15. The average Bonchev–Trinajstić information content (AvgIpc) is 2.40. The Morgan fingerprint density at radius 1 is 1.11 bits per heavy atom. The van der Waals surface area contributed by atoms with E-state index in [1.54, 1.807) is 7.11 Å². The maximum atomic E-state index is 11.4. The average molecular weight is 260 g/mol. The molecule has 0 spiro atoms.